The fraction of sp³-hybridized carbons (Fsp3) is 0.632. The Kier molecular flexibility index (Phi) is 6.93. The van der Waals surface area contributed by atoms with E-state index < -0.39 is 0 Å². The molecule has 0 aromatic carbocycles. The number of amides is 2. The van der Waals surface area contributed by atoms with Crippen molar-refractivity contribution in [1.82, 2.24) is 20.1 Å². The molecule has 0 saturated carbocycles. The Morgan fingerprint density at radius 1 is 1.28 bits per heavy atom. The fourth-order valence-electron chi connectivity index (χ4n) is 3.22. The summed E-state index contributed by atoms with van der Waals surface area (Å²) in [6, 6.07) is 4.22. The van der Waals surface area contributed by atoms with Gasteiger partial charge in [0, 0.05) is 44.9 Å². The Balaban J connectivity index is 1.95. The second-order valence-corrected chi connectivity index (χ2v) is 7.05. The minimum atomic E-state index is 0.0647. The van der Waals surface area contributed by atoms with Crippen LogP contribution >= 0.6 is 0 Å². The molecule has 0 aliphatic carbocycles. The quantitative estimate of drug-likeness (QED) is 0.844. The molecule has 0 radical (unpaired) electrons. The van der Waals surface area contributed by atoms with Crippen LogP contribution in [0.1, 0.15) is 42.1 Å². The van der Waals surface area contributed by atoms with Crippen LogP contribution in [-0.2, 0) is 16.0 Å². The number of hydrogen-bond donors (Lipinski definition) is 1. The molecule has 1 aromatic rings. The van der Waals surface area contributed by atoms with Crippen LogP contribution < -0.4 is 5.32 Å². The van der Waals surface area contributed by atoms with Crippen LogP contribution in [0.3, 0.4) is 0 Å². The van der Waals surface area contributed by atoms with E-state index in [9.17, 15) is 9.59 Å². The van der Waals surface area contributed by atoms with Gasteiger partial charge in [-0.1, -0.05) is 0 Å². The van der Waals surface area contributed by atoms with Crippen molar-refractivity contribution in [2.75, 3.05) is 40.8 Å². The average molecular weight is 346 g/mol. The number of hydrogen-bond acceptors (Lipinski definition) is 4. The summed E-state index contributed by atoms with van der Waals surface area (Å²) in [5, 5.41) is 2.67. The smallest absolute Gasteiger partial charge is 0.236 e. The van der Waals surface area contributed by atoms with Gasteiger partial charge in [-0.2, -0.15) is 0 Å². The van der Waals surface area contributed by atoms with E-state index >= 15 is 0 Å². The number of carbonyl (C=O) groups excluding carboxylic acids is 2. The van der Waals surface area contributed by atoms with Gasteiger partial charge in [0.15, 0.2) is 0 Å². The summed E-state index contributed by atoms with van der Waals surface area (Å²) in [5.41, 5.74) is 3.32. The van der Waals surface area contributed by atoms with Crippen molar-refractivity contribution in [2.24, 2.45) is 0 Å². The van der Waals surface area contributed by atoms with Gasteiger partial charge in [0.05, 0.1) is 6.54 Å². The van der Waals surface area contributed by atoms with Crippen LogP contribution in [0, 0.1) is 6.92 Å². The van der Waals surface area contributed by atoms with Crippen molar-refractivity contribution < 1.29 is 9.59 Å². The number of rotatable bonds is 6. The summed E-state index contributed by atoms with van der Waals surface area (Å²) in [5.74, 6) is 0.655. The highest BCUT2D eigenvalue weighted by Gasteiger charge is 2.23. The predicted molar refractivity (Wildman–Crippen MR) is 98.5 cm³/mol. The second kappa shape index (κ2) is 8.94. The monoisotopic (exact) mass is 346 g/mol. The van der Waals surface area contributed by atoms with E-state index in [0.717, 1.165) is 43.7 Å². The number of nitrogens with zero attached hydrogens (tertiary/aromatic N) is 3. The van der Waals surface area contributed by atoms with E-state index in [0.29, 0.717) is 18.9 Å². The molecule has 2 heterocycles. The number of pyridine rings is 1. The van der Waals surface area contributed by atoms with Crippen LogP contribution in [0.15, 0.2) is 12.1 Å². The van der Waals surface area contributed by atoms with Crippen molar-refractivity contribution in [3.05, 3.63) is 29.1 Å². The van der Waals surface area contributed by atoms with Gasteiger partial charge in [0.25, 0.3) is 0 Å². The molecule has 6 heteroatoms. The van der Waals surface area contributed by atoms with Crippen LogP contribution in [0.4, 0.5) is 0 Å². The lowest BCUT2D eigenvalue weighted by molar-refractivity contribution is -0.130. The molecular formula is C19H30N4O2. The number of piperidine rings is 1. The lowest BCUT2D eigenvalue weighted by Gasteiger charge is -2.32. The van der Waals surface area contributed by atoms with Gasteiger partial charge in [-0.3, -0.25) is 19.5 Å². The lowest BCUT2D eigenvalue weighted by atomic mass is 9.91. The Morgan fingerprint density at radius 2 is 1.96 bits per heavy atom. The zero-order valence-corrected chi connectivity index (χ0v) is 15.8. The summed E-state index contributed by atoms with van der Waals surface area (Å²) in [7, 11) is 5.26. The van der Waals surface area contributed by atoms with Crippen LogP contribution in [0.2, 0.25) is 0 Å². The third-order valence-electron chi connectivity index (χ3n) is 4.82. The van der Waals surface area contributed by atoms with E-state index in [1.165, 1.54) is 5.56 Å². The van der Waals surface area contributed by atoms with Gasteiger partial charge in [-0.25, -0.2) is 0 Å². The number of aryl methyl sites for hydroxylation is 2. The van der Waals surface area contributed by atoms with Gasteiger partial charge in [0.1, 0.15) is 0 Å². The van der Waals surface area contributed by atoms with Crippen molar-refractivity contribution in [3.8, 4) is 0 Å². The number of aromatic nitrogens is 1. The molecule has 1 aliphatic heterocycles. The Labute approximate surface area is 150 Å². The standard InChI is InChI=1S/C19H30N4O2/c1-14-11-15(5-6-18(24)20-2)12-17(21-14)16-7-9-23(10-8-16)13-19(25)22(3)4/h11-12,16H,5-10,13H2,1-4H3,(H,20,24). The summed E-state index contributed by atoms with van der Waals surface area (Å²) in [6.45, 7) is 4.36. The van der Waals surface area contributed by atoms with Crippen molar-refractivity contribution >= 4 is 11.8 Å². The largest absolute Gasteiger partial charge is 0.359 e. The molecule has 1 aliphatic rings. The van der Waals surface area contributed by atoms with Crippen LogP contribution in [0.25, 0.3) is 0 Å². The van der Waals surface area contributed by atoms with E-state index in [1.807, 2.05) is 6.92 Å². The number of likely N-dealkylation sites (tertiary alicyclic amines) is 1. The number of likely N-dealkylation sites (N-methyl/N-ethyl adjacent to an activating group) is 1. The highest BCUT2D eigenvalue weighted by atomic mass is 16.2. The zero-order chi connectivity index (χ0) is 18.4. The average Bonchev–Trinajstić information content (AvgIpc) is 2.59. The minimum absolute atomic E-state index is 0.0647. The molecule has 0 spiro atoms. The molecule has 0 bridgehead atoms. The van der Waals surface area contributed by atoms with E-state index in [-0.39, 0.29) is 11.8 Å². The summed E-state index contributed by atoms with van der Waals surface area (Å²) in [6.07, 6.45) is 3.29. The Hall–Kier alpha value is -1.95. The number of nitrogens with one attached hydrogen (secondary N) is 1. The molecule has 0 atom stereocenters. The van der Waals surface area contributed by atoms with Crippen LogP contribution in [-0.4, -0.2) is 67.4 Å². The third kappa shape index (κ3) is 5.81. The maximum Gasteiger partial charge on any atom is 0.236 e. The first kappa shape index (κ1) is 19.4. The second-order valence-electron chi connectivity index (χ2n) is 7.05. The van der Waals surface area contributed by atoms with Gasteiger partial charge in [0.2, 0.25) is 11.8 Å². The van der Waals surface area contributed by atoms with Crippen molar-refractivity contribution in [2.45, 2.75) is 38.5 Å². The van der Waals surface area contributed by atoms with E-state index in [1.54, 1.807) is 26.0 Å². The van der Waals surface area contributed by atoms with Crippen molar-refractivity contribution in [3.63, 3.8) is 0 Å². The normalized spacial score (nSPS) is 15.8. The molecule has 1 N–H and O–H groups in total. The lowest BCUT2D eigenvalue weighted by Crippen LogP contribution is -2.40. The molecule has 1 saturated heterocycles. The predicted octanol–water partition coefficient (Wildman–Crippen LogP) is 1.34. The maximum atomic E-state index is 11.8. The minimum Gasteiger partial charge on any atom is -0.359 e. The first-order valence-electron chi connectivity index (χ1n) is 8.99. The first-order valence-corrected chi connectivity index (χ1v) is 8.99. The topological polar surface area (TPSA) is 65.5 Å². The molecule has 1 aromatic heterocycles. The van der Waals surface area contributed by atoms with Crippen molar-refractivity contribution in [1.29, 1.82) is 0 Å². The Bertz CT molecular complexity index is 607. The molecule has 25 heavy (non-hydrogen) atoms. The Morgan fingerprint density at radius 3 is 2.56 bits per heavy atom. The molecule has 138 valence electrons. The molecule has 1 fully saturated rings. The fourth-order valence-corrected chi connectivity index (χ4v) is 3.22. The highest BCUT2D eigenvalue weighted by Crippen LogP contribution is 2.27. The van der Waals surface area contributed by atoms with E-state index in [4.69, 9.17) is 4.98 Å². The third-order valence-corrected chi connectivity index (χ3v) is 4.82. The summed E-state index contributed by atoms with van der Waals surface area (Å²) in [4.78, 5) is 31.9. The first-order chi connectivity index (χ1) is 11.9. The van der Waals surface area contributed by atoms with Gasteiger partial charge >= 0.3 is 0 Å². The number of carbonyl (C=O) groups is 2. The van der Waals surface area contributed by atoms with Crippen LogP contribution in [0.5, 0.6) is 0 Å². The molecule has 2 amide bonds. The molecular weight excluding hydrogens is 316 g/mol. The van der Waals surface area contributed by atoms with E-state index in [2.05, 4.69) is 22.3 Å². The maximum absolute atomic E-state index is 11.8. The summed E-state index contributed by atoms with van der Waals surface area (Å²) < 4.78 is 0. The zero-order valence-electron chi connectivity index (χ0n) is 15.8. The SMILES string of the molecule is CNC(=O)CCc1cc(C)nc(C2CCN(CC(=O)N(C)C)CC2)c1. The molecule has 0 unspecified atom stereocenters. The van der Waals surface area contributed by atoms with Gasteiger partial charge < -0.3 is 10.2 Å². The summed E-state index contributed by atoms with van der Waals surface area (Å²) >= 11 is 0. The molecule has 2 rings (SSSR count). The van der Waals surface area contributed by atoms with Gasteiger partial charge in [-0.15, -0.1) is 0 Å². The highest BCUT2D eigenvalue weighted by molar-refractivity contribution is 5.77. The van der Waals surface area contributed by atoms with Gasteiger partial charge in [-0.05, 0) is 57.0 Å². The molecule has 6 nitrogen and oxygen atoms in total.